The first-order chi connectivity index (χ1) is 9.69. The molecule has 1 rings (SSSR count). The summed E-state index contributed by atoms with van der Waals surface area (Å²) in [5.41, 5.74) is -0.823. The summed E-state index contributed by atoms with van der Waals surface area (Å²) in [7, 11) is -4.26. The molecule has 0 aliphatic heterocycles. The van der Waals surface area contributed by atoms with Crippen LogP contribution in [0.15, 0.2) is 17.0 Å². The van der Waals surface area contributed by atoms with Crippen LogP contribution in [-0.2, 0) is 10.0 Å². The van der Waals surface area contributed by atoms with Gasteiger partial charge in [-0.05, 0) is 25.0 Å². The molecule has 0 amide bonds. The maximum absolute atomic E-state index is 13.9. The van der Waals surface area contributed by atoms with Gasteiger partial charge in [0.15, 0.2) is 5.82 Å². The van der Waals surface area contributed by atoms with Crippen molar-refractivity contribution in [2.75, 3.05) is 6.54 Å². The summed E-state index contributed by atoms with van der Waals surface area (Å²) in [4.78, 5) is 10.0. The molecule has 0 aliphatic carbocycles. The second kappa shape index (κ2) is 7.17. The summed E-state index contributed by atoms with van der Waals surface area (Å²) in [5, 5.41) is 17.9. The lowest BCUT2D eigenvalue weighted by molar-refractivity contribution is 0.0691. The number of hydrogen-bond donors (Lipinski definition) is 3. The van der Waals surface area contributed by atoms with Crippen molar-refractivity contribution >= 4 is 27.6 Å². The molecular weight excluding hydrogens is 325 g/mol. The van der Waals surface area contributed by atoms with E-state index in [-0.39, 0.29) is 18.0 Å². The van der Waals surface area contributed by atoms with Gasteiger partial charge >= 0.3 is 5.97 Å². The minimum absolute atomic E-state index is 0.105. The fourth-order valence-electron chi connectivity index (χ4n) is 1.56. The van der Waals surface area contributed by atoms with Gasteiger partial charge in [0.2, 0.25) is 10.0 Å². The number of sulfonamides is 1. The van der Waals surface area contributed by atoms with Gasteiger partial charge in [0, 0.05) is 11.6 Å². The summed E-state index contributed by atoms with van der Waals surface area (Å²) >= 11 is 5.62. The van der Waals surface area contributed by atoms with Gasteiger partial charge in [0.05, 0.1) is 11.7 Å². The molecule has 3 N–H and O–H groups in total. The predicted octanol–water partition coefficient (Wildman–Crippen LogP) is 1.62. The molecule has 0 aliphatic rings. The van der Waals surface area contributed by atoms with Gasteiger partial charge in [0.25, 0.3) is 0 Å². The molecule has 1 aromatic rings. The van der Waals surface area contributed by atoms with Crippen LogP contribution in [0.5, 0.6) is 0 Å². The van der Waals surface area contributed by atoms with E-state index in [1.165, 1.54) is 0 Å². The van der Waals surface area contributed by atoms with Crippen LogP contribution in [0.4, 0.5) is 4.39 Å². The molecule has 0 aromatic heterocycles. The lowest BCUT2D eigenvalue weighted by atomic mass is 10.2. The van der Waals surface area contributed by atoms with Crippen LogP contribution < -0.4 is 4.72 Å². The van der Waals surface area contributed by atoms with Crippen LogP contribution in [0.1, 0.15) is 30.1 Å². The van der Waals surface area contributed by atoms with E-state index in [1.54, 1.807) is 6.92 Å². The molecule has 21 heavy (non-hydrogen) atoms. The Labute approximate surface area is 126 Å². The number of rotatable bonds is 7. The highest BCUT2D eigenvalue weighted by atomic mass is 35.5. The van der Waals surface area contributed by atoms with Gasteiger partial charge in [-0.15, -0.1) is 0 Å². The van der Waals surface area contributed by atoms with Crippen molar-refractivity contribution < 1.29 is 27.8 Å². The Morgan fingerprint density at radius 2 is 2.10 bits per heavy atom. The average Bonchev–Trinajstić information content (AvgIpc) is 2.40. The van der Waals surface area contributed by atoms with Crippen molar-refractivity contribution in [3.8, 4) is 0 Å². The molecule has 9 heteroatoms. The third-order valence-corrected chi connectivity index (χ3v) is 4.44. The monoisotopic (exact) mass is 339 g/mol. The maximum Gasteiger partial charge on any atom is 0.338 e. The number of aliphatic hydroxyl groups excluding tert-OH is 1. The maximum atomic E-state index is 13.9. The van der Waals surface area contributed by atoms with Gasteiger partial charge in [-0.3, -0.25) is 0 Å². The topological polar surface area (TPSA) is 104 Å². The molecule has 0 saturated carbocycles. The number of carboxylic acids is 1. The van der Waals surface area contributed by atoms with E-state index in [9.17, 15) is 22.7 Å². The second-order valence-corrected chi connectivity index (χ2v) is 6.49. The molecule has 0 fully saturated rings. The van der Waals surface area contributed by atoms with Crippen LogP contribution in [0.2, 0.25) is 5.02 Å². The molecule has 1 unspecified atom stereocenters. The number of aromatic carboxylic acids is 1. The largest absolute Gasteiger partial charge is 0.478 e. The molecule has 0 radical (unpaired) electrons. The summed E-state index contributed by atoms with van der Waals surface area (Å²) < 4.78 is 40.0. The average molecular weight is 340 g/mol. The van der Waals surface area contributed by atoms with Crippen molar-refractivity contribution in [2.45, 2.75) is 30.8 Å². The van der Waals surface area contributed by atoms with Crippen molar-refractivity contribution in [1.29, 1.82) is 0 Å². The lowest BCUT2D eigenvalue weighted by Crippen LogP contribution is -2.28. The van der Waals surface area contributed by atoms with E-state index in [1.807, 2.05) is 0 Å². The fourth-order valence-corrected chi connectivity index (χ4v) is 3.01. The summed E-state index contributed by atoms with van der Waals surface area (Å²) in [6.07, 6.45) is -0.0633. The molecule has 1 aromatic carbocycles. The van der Waals surface area contributed by atoms with E-state index >= 15 is 0 Å². The van der Waals surface area contributed by atoms with Gasteiger partial charge in [-0.25, -0.2) is 22.3 Å². The fraction of sp³-hybridized carbons (Fsp3) is 0.417. The Morgan fingerprint density at radius 1 is 1.48 bits per heavy atom. The standard InChI is InChI=1S/C12H15ClFNO5S/c1-2-8(16)3-4-15-21(19,20)10-6-7(13)5-9(11(10)14)12(17)18/h5-6,8,15-16H,2-4H2,1H3,(H,17,18). The van der Waals surface area contributed by atoms with Crippen LogP contribution >= 0.6 is 11.6 Å². The van der Waals surface area contributed by atoms with Crippen LogP contribution in [-0.4, -0.2) is 37.2 Å². The summed E-state index contributed by atoms with van der Waals surface area (Å²) in [6.45, 7) is 1.63. The zero-order valence-electron chi connectivity index (χ0n) is 11.1. The highest BCUT2D eigenvalue weighted by molar-refractivity contribution is 7.89. The SMILES string of the molecule is CCC(O)CCNS(=O)(=O)c1cc(Cl)cc(C(=O)O)c1F. The Bertz CT molecular complexity index is 635. The van der Waals surface area contributed by atoms with Crippen LogP contribution in [0, 0.1) is 5.82 Å². The zero-order chi connectivity index (χ0) is 16.2. The first-order valence-electron chi connectivity index (χ1n) is 6.09. The molecule has 0 spiro atoms. The van der Waals surface area contributed by atoms with Gasteiger partial charge in [0.1, 0.15) is 4.90 Å². The normalized spacial score (nSPS) is 13.1. The van der Waals surface area contributed by atoms with Crippen molar-refractivity contribution in [3.05, 3.63) is 28.5 Å². The van der Waals surface area contributed by atoms with Crippen molar-refractivity contribution in [2.24, 2.45) is 0 Å². The summed E-state index contributed by atoms with van der Waals surface area (Å²) in [6, 6.07) is 1.67. The second-order valence-electron chi connectivity index (χ2n) is 4.32. The molecule has 6 nitrogen and oxygen atoms in total. The van der Waals surface area contributed by atoms with E-state index < -0.39 is 38.4 Å². The molecule has 118 valence electrons. The van der Waals surface area contributed by atoms with E-state index in [0.29, 0.717) is 6.42 Å². The number of nitrogens with one attached hydrogen (secondary N) is 1. The van der Waals surface area contributed by atoms with Gasteiger partial charge in [-0.1, -0.05) is 18.5 Å². The number of halogens is 2. The molecule has 0 heterocycles. The van der Waals surface area contributed by atoms with Gasteiger partial charge < -0.3 is 10.2 Å². The number of carbonyl (C=O) groups is 1. The number of aliphatic hydroxyl groups is 1. The minimum Gasteiger partial charge on any atom is -0.478 e. The third kappa shape index (κ3) is 4.63. The van der Waals surface area contributed by atoms with Crippen molar-refractivity contribution in [3.63, 3.8) is 0 Å². The van der Waals surface area contributed by atoms with E-state index in [4.69, 9.17) is 16.7 Å². The first-order valence-corrected chi connectivity index (χ1v) is 7.95. The smallest absolute Gasteiger partial charge is 0.338 e. The Hall–Kier alpha value is -1.22. The Morgan fingerprint density at radius 3 is 2.62 bits per heavy atom. The number of hydrogen-bond acceptors (Lipinski definition) is 4. The van der Waals surface area contributed by atoms with Crippen molar-refractivity contribution in [1.82, 2.24) is 4.72 Å². The first kappa shape index (κ1) is 17.8. The van der Waals surface area contributed by atoms with Gasteiger partial charge in [-0.2, -0.15) is 0 Å². The Balaban J connectivity index is 3.06. The van der Waals surface area contributed by atoms with E-state index in [0.717, 1.165) is 12.1 Å². The van der Waals surface area contributed by atoms with Crippen LogP contribution in [0.25, 0.3) is 0 Å². The molecular formula is C12H15ClFNO5S. The number of carboxylic acid groups (broad SMARTS) is 1. The quantitative estimate of drug-likeness (QED) is 0.700. The molecule has 0 bridgehead atoms. The molecule has 1 atom stereocenters. The lowest BCUT2D eigenvalue weighted by Gasteiger charge is -2.11. The zero-order valence-corrected chi connectivity index (χ0v) is 12.7. The Kier molecular flexibility index (Phi) is 6.09. The van der Waals surface area contributed by atoms with Crippen LogP contribution in [0.3, 0.4) is 0 Å². The minimum atomic E-state index is -4.26. The molecule has 0 saturated heterocycles. The predicted molar refractivity (Wildman–Crippen MR) is 74.5 cm³/mol. The number of benzene rings is 1. The third-order valence-electron chi connectivity index (χ3n) is 2.76. The highest BCUT2D eigenvalue weighted by Crippen LogP contribution is 2.23. The van der Waals surface area contributed by atoms with E-state index in [2.05, 4.69) is 4.72 Å². The summed E-state index contributed by atoms with van der Waals surface area (Å²) in [5.74, 6) is -3.00. The highest BCUT2D eigenvalue weighted by Gasteiger charge is 2.25.